The van der Waals surface area contributed by atoms with Crippen LogP contribution in [0, 0.1) is 17.1 Å². The van der Waals surface area contributed by atoms with Crippen molar-refractivity contribution in [3.63, 3.8) is 0 Å². The first kappa shape index (κ1) is 53.7. The van der Waals surface area contributed by atoms with E-state index in [-0.39, 0.29) is 42.8 Å². The molecule has 2 fully saturated rings. The first-order valence-corrected chi connectivity index (χ1v) is 26.4. The van der Waals surface area contributed by atoms with E-state index < -0.39 is 48.9 Å². The number of phosphoric acid groups is 1. The molecule has 2 saturated heterocycles. The Morgan fingerprint density at radius 3 is 2.21 bits per heavy atom. The Morgan fingerprint density at radius 2 is 1.54 bits per heavy atom. The van der Waals surface area contributed by atoms with Crippen molar-refractivity contribution < 1.29 is 46.2 Å². The number of nitrogens with two attached hydrogens (primary N) is 1. The third-order valence-corrected chi connectivity index (χ3v) is 14.2. The van der Waals surface area contributed by atoms with Crippen molar-refractivity contribution in [2.45, 2.75) is 179 Å². The van der Waals surface area contributed by atoms with Crippen LogP contribution in [0.3, 0.4) is 0 Å². The van der Waals surface area contributed by atoms with Gasteiger partial charge in [0.05, 0.1) is 48.8 Å². The van der Waals surface area contributed by atoms with Gasteiger partial charge in [0.15, 0.2) is 11.6 Å². The highest BCUT2D eigenvalue weighted by Crippen LogP contribution is 2.55. The van der Waals surface area contributed by atoms with Gasteiger partial charge in [-0.25, -0.2) is 18.5 Å². The highest BCUT2D eigenvalue weighted by atomic mass is 35.5. The molecule has 6 atom stereocenters. The molecular formula is C51H72ClFN5O9P. The molecule has 2 aromatic heterocycles. The molecule has 2 aliphatic heterocycles. The Morgan fingerprint density at radius 1 is 0.882 bits per heavy atom. The number of ether oxygens (including phenoxy) is 5. The second kappa shape index (κ2) is 25.4. The number of nitriles is 1. The van der Waals surface area contributed by atoms with E-state index in [0.29, 0.717) is 29.2 Å². The van der Waals surface area contributed by atoms with Gasteiger partial charge < -0.3 is 33.9 Å². The first-order valence-electron chi connectivity index (χ1n) is 24.5. The van der Waals surface area contributed by atoms with Gasteiger partial charge in [-0.05, 0) is 82.1 Å². The SMILES string of the molecule is CCCCCCCCCCCCCCCCCCOCC(C)(COP(=O)(OC[C@@]1(C)O[C@@H](c2ccc3c(N)ncnn23)[C@@H]2OC(C)(C)O[C@@H]21)Oc1ccccc1Cl)OCc1cc(F)cc(C#N)c1. The molecule has 4 aromatic rings. The highest BCUT2D eigenvalue weighted by Gasteiger charge is 2.62. The summed E-state index contributed by atoms with van der Waals surface area (Å²) in [6.45, 7) is 9.13. The molecule has 0 bridgehead atoms. The van der Waals surface area contributed by atoms with Gasteiger partial charge in [-0.1, -0.05) is 127 Å². The monoisotopic (exact) mass is 983 g/mol. The molecule has 17 heteroatoms. The molecule has 2 aromatic carbocycles. The maximum absolute atomic E-state index is 15.0. The summed E-state index contributed by atoms with van der Waals surface area (Å²) in [5.74, 6) is -1.19. The normalized spacial score (nSPS) is 21.6. The lowest BCUT2D eigenvalue weighted by molar-refractivity contribution is -0.212. The number of hydrogen-bond donors (Lipinski definition) is 1. The van der Waals surface area contributed by atoms with Gasteiger partial charge in [-0.15, -0.1) is 0 Å². The molecule has 6 rings (SSSR count). The molecule has 0 saturated carbocycles. The van der Waals surface area contributed by atoms with Crippen LogP contribution < -0.4 is 10.3 Å². The van der Waals surface area contributed by atoms with Crippen LogP contribution in [0.5, 0.6) is 5.75 Å². The van der Waals surface area contributed by atoms with Crippen LogP contribution in [-0.2, 0) is 43.9 Å². The van der Waals surface area contributed by atoms with Gasteiger partial charge in [-0.3, -0.25) is 9.05 Å². The highest BCUT2D eigenvalue weighted by molar-refractivity contribution is 7.49. The van der Waals surface area contributed by atoms with Crippen molar-refractivity contribution >= 4 is 30.8 Å². The topological polar surface area (TPSA) is 171 Å². The number of nitrogens with zero attached hydrogens (tertiary/aromatic N) is 4. The Kier molecular flexibility index (Phi) is 20.1. The maximum atomic E-state index is 15.0. The Hall–Kier alpha value is -3.68. The van der Waals surface area contributed by atoms with Crippen LogP contribution in [0.25, 0.3) is 5.52 Å². The van der Waals surface area contributed by atoms with Gasteiger partial charge in [0.2, 0.25) is 0 Å². The van der Waals surface area contributed by atoms with Crippen molar-refractivity contribution in [3.8, 4) is 11.8 Å². The molecule has 0 amide bonds. The van der Waals surface area contributed by atoms with Crippen LogP contribution in [0.1, 0.15) is 160 Å². The number of benzene rings is 2. The van der Waals surface area contributed by atoms with E-state index in [1.165, 1.54) is 95.9 Å². The molecule has 0 radical (unpaired) electrons. The minimum atomic E-state index is -4.59. The van der Waals surface area contributed by atoms with E-state index in [2.05, 4.69) is 17.0 Å². The lowest BCUT2D eigenvalue weighted by Crippen LogP contribution is -2.44. The van der Waals surface area contributed by atoms with Crippen LogP contribution in [0.2, 0.25) is 5.02 Å². The third-order valence-electron chi connectivity index (χ3n) is 12.5. The number of phosphoric ester groups is 1. The largest absolute Gasteiger partial charge is 0.530 e. The molecule has 68 heavy (non-hydrogen) atoms. The molecule has 2 unspecified atom stereocenters. The number of unbranched alkanes of at least 4 members (excludes halogenated alkanes) is 15. The van der Waals surface area contributed by atoms with Crippen LogP contribution >= 0.6 is 19.4 Å². The zero-order chi connectivity index (χ0) is 48.6. The molecule has 374 valence electrons. The van der Waals surface area contributed by atoms with Crippen molar-refractivity contribution in [1.29, 1.82) is 5.26 Å². The van der Waals surface area contributed by atoms with Gasteiger partial charge in [0.25, 0.3) is 0 Å². The molecule has 14 nitrogen and oxygen atoms in total. The fraction of sp³-hybridized carbons (Fsp3) is 0.627. The summed E-state index contributed by atoms with van der Waals surface area (Å²) in [5, 5.41) is 14.1. The van der Waals surface area contributed by atoms with E-state index in [1.54, 1.807) is 54.8 Å². The van der Waals surface area contributed by atoms with Gasteiger partial charge in [-0.2, -0.15) is 10.4 Å². The summed E-state index contributed by atoms with van der Waals surface area (Å²) in [6, 6.07) is 16.2. The quantitative estimate of drug-likeness (QED) is 0.0373. The fourth-order valence-electron chi connectivity index (χ4n) is 8.81. The van der Waals surface area contributed by atoms with Crippen molar-refractivity contribution in [2.75, 3.05) is 32.2 Å². The second-order valence-corrected chi connectivity index (χ2v) is 21.1. The maximum Gasteiger partial charge on any atom is 0.530 e. The number of anilines is 1. The summed E-state index contributed by atoms with van der Waals surface area (Å²) >= 11 is 6.52. The summed E-state index contributed by atoms with van der Waals surface area (Å²) < 4.78 is 81.7. The molecular weight excluding hydrogens is 912 g/mol. The lowest BCUT2D eigenvalue weighted by atomic mass is 9.97. The number of rotatable bonds is 31. The average Bonchev–Trinajstić information content (AvgIpc) is 3.97. The molecule has 4 heterocycles. The predicted octanol–water partition coefficient (Wildman–Crippen LogP) is 12.8. The Labute approximate surface area is 407 Å². The number of hydrogen-bond acceptors (Lipinski definition) is 13. The predicted molar refractivity (Wildman–Crippen MR) is 260 cm³/mol. The number of halogens is 2. The van der Waals surface area contributed by atoms with Crippen molar-refractivity contribution in [3.05, 3.63) is 88.6 Å². The lowest BCUT2D eigenvalue weighted by Gasteiger charge is -2.33. The van der Waals surface area contributed by atoms with Gasteiger partial charge >= 0.3 is 7.82 Å². The standard InChI is InChI=1S/C51H72ClFN5O9P/c1-6-7-8-9-10-11-12-13-14-15-16-17-18-19-20-23-28-60-34-50(4,61-33-39-29-38(32-54)30-40(53)31-39)35-62-68(59,67-44-25-22-21-24-41(44)52)63-36-51(5)47-46(64-49(2,3)66-47)45(65-51)42-26-27-43-48(55)56-37-57-58(42)43/h21-22,24-27,29-31,37,45-47H,6-20,23,28,33-36H2,1-5H3,(H2,55,56,57)/t45-,46-,47-,50?,51+,68?/m0/s1. The summed E-state index contributed by atoms with van der Waals surface area (Å²) in [4.78, 5) is 4.11. The van der Waals surface area contributed by atoms with E-state index >= 15 is 0 Å². The van der Waals surface area contributed by atoms with Gasteiger partial charge in [0, 0.05) is 6.61 Å². The fourth-order valence-corrected chi connectivity index (χ4v) is 10.5. The number of nitrogen functional groups attached to an aromatic ring is 1. The van der Waals surface area contributed by atoms with E-state index in [9.17, 15) is 14.2 Å². The number of para-hydroxylation sites is 1. The second-order valence-electron chi connectivity index (χ2n) is 19.1. The Bertz CT molecular complexity index is 2300. The van der Waals surface area contributed by atoms with Crippen molar-refractivity contribution in [2.24, 2.45) is 0 Å². The molecule has 0 aliphatic carbocycles. The molecule has 0 spiro atoms. The third kappa shape index (κ3) is 15.4. The number of aromatic nitrogens is 3. The molecule has 2 N–H and O–H groups in total. The van der Waals surface area contributed by atoms with E-state index in [1.807, 2.05) is 26.0 Å². The Balaban J connectivity index is 1.08. The minimum Gasteiger partial charge on any atom is -0.402 e. The zero-order valence-corrected chi connectivity index (χ0v) is 42.2. The summed E-state index contributed by atoms with van der Waals surface area (Å²) in [5.41, 5.74) is 5.46. The smallest absolute Gasteiger partial charge is 0.402 e. The minimum absolute atomic E-state index is 0.0319. The number of fused-ring (bicyclic) bond motifs is 2. The first-order chi connectivity index (χ1) is 32.7. The average molecular weight is 985 g/mol. The summed E-state index contributed by atoms with van der Waals surface area (Å²) in [7, 11) is -4.59. The van der Waals surface area contributed by atoms with Gasteiger partial charge in [0.1, 0.15) is 52.9 Å². The van der Waals surface area contributed by atoms with E-state index in [0.717, 1.165) is 25.3 Å². The van der Waals surface area contributed by atoms with Crippen LogP contribution in [0.15, 0.2) is 60.9 Å². The summed E-state index contributed by atoms with van der Waals surface area (Å²) in [6.07, 6.45) is 19.6. The van der Waals surface area contributed by atoms with Crippen molar-refractivity contribution in [1.82, 2.24) is 14.6 Å². The zero-order valence-electron chi connectivity index (χ0n) is 40.6. The van der Waals surface area contributed by atoms with E-state index in [4.69, 9.17) is 54.6 Å². The van der Waals surface area contributed by atoms with Crippen LogP contribution in [-0.4, -0.2) is 70.2 Å². The molecule has 2 aliphatic rings. The van der Waals surface area contributed by atoms with Crippen LogP contribution in [0.4, 0.5) is 10.2 Å².